The predicted molar refractivity (Wildman–Crippen MR) is 48.6 cm³/mol. The van der Waals surface area contributed by atoms with Gasteiger partial charge in [0.15, 0.2) is 6.30 Å². The summed E-state index contributed by atoms with van der Waals surface area (Å²) in [5.74, 6) is 0. The number of piperidine rings is 1. The van der Waals surface area contributed by atoms with Crippen LogP contribution in [-0.4, -0.2) is 29.3 Å². The lowest BCUT2D eigenvalue weighted by atomic mass is 9.98. The lowest BCUT2D eigenvalue weighted by molar-refractivity contribution is -0.0325. The van der Waals surface area contributed by atoms with Crippen LogP contribution in [0.5, 0.6) is 0 Å². The van der Waals surface area contributed by atoms with E-state index in [1.165, 1.54) is 0 Å². The first-order valence-electron chi connectivity index (χ1n) is 4.59. The number of likely N-dealkylation sites (tertiary alicyclic amines) is 1. The standard InChI is InChI=1S/C9H19FN2/c1-9(2,3)12-6-4-5-7(11)8(12)10/h7-8H,4-6,11H2,1-3H3. The lowest BCUT2D eigenvalue weighted by Crippen LogP contribution is -2.56. The topological polar surface area (TPSA) is 29.3 Å². The molecule has 1 aliphatic heterocycles. The summed E-state index contributed by atoms with van der Waals surface area (Å²) >= 11 is 0. The highest BCUT2D eigenvalue weighted by Gasteiger charge is 2.35. The molecule has 0 saturated carbocycles. The molecule has 1 fully saturated rings. The Hall–Kier alpha value is -0.150. The second-order valence-corrected chi connectivity index (χ2v) is 4.54. The highest BCUT2D eigenvalue weighted by molar-refractivity contribution is 4.87. The lowest BCUT2D eigenvalue weighted by Gasteiger charge is -2.43. The van der Waals surface area contributed by atoms with Crippen LogP contribution >= 0.6 is 0 Å². The maximum Gasteiger partial charge on any atom is 0.169 e. The monoisotopic (exact) mass is 174 g/mol. The molecule has 1 heterocycles. The van der Waals surface area contributed by atoms with Gasteiger partial charge in [0.2, 0.25) is 0 Å². The highest BCUT2D eigenvalue weighted by atomic mass is 19.1. The third kappa shape index (κ3) is 1.96. The van der Waals surface area contributed by atoms with E-state index in [0.29, 0.717) is 0 Å². The van der Waals surface area contributed by atoms with Crippen molar-refractivity contribution in [2.45, 2.75) is 51.5 Å². The Kier molecular flexibility index (Phi) is 2.74. The van der Waals surface area contributed by atoms with Gasteiger partial charge in [-0.2, -0.15) is 0 Å². The third-order valence-corrected chi connectivity index (χ3v) is 2.45. The van der Waals surface area contributed by atoms with E-state index in [9.17, 15) is 4.39 Å². The zero-order chi connectivity index (χ0) is 9.35. The molecule has 1 aliphatic rings. The summed E-state index contributed by atoms with van der Waals surface area (Å²) in [4.78, 5) is 1.85. The predicted octanol–water partition coefficient (Wildman–Crippen LogP) is 1.50. The molecule has 0 spiro atoms. The van der Waals surface area contributed by atoms with E-state index in [0.717, 1.165) is 19.4 Å². The molecule has 0 amide bonds. The van der Waals surface area contributed by atoms with Gasteiger partial charge < -0.3 is 5.73 Å². The van der Waals surface area contributed by atoms with Crippen molar-refractivity contribution in [1.29, 1.82) is 0 Å². The molecular weight excluding hydrogens is 155 g/mol. The van der Waals surface area contributed by atoms with Crippen LogP contribution in [0.15, 0.2) is 0 Å². The molecule has 0 aliphatic carbocycles. The highest BCUT2D eigenvalue weighted by Crippen LogP contribution is 2.25. The van der Waals surface area contributed by atoms with Gasteiger partial charge in [0.1, 0.15) is 0 Å². The van der Waals surface area contributed by atoms with Gasteiger partial charge >= 0.3 is 0 Å². The number of nitrogens with two attached hydrogens (primary N) is 1. The molecular formula is C9H19FN2. The first-order valence-corrected chi connectivity index (χ1v) is 4.59. The number of halogens is 1. The second-order valence-electron chi connectivity index (χ2n) is 4.54. The molecule has 3 heteroatoms. The van der Waals surface area contributed by atoms with Gasteiger partial charge in [-0.25, -0.2) is 4.39 Å². The van der Waals surface area contributed by atoms with Crippen molar-refractivity contribution in [1.82, 2.24) is 4.90 Å². The summed E-state index contributed by atoms with van der Waals surface area (Å²) < 4.78 is 13.5. The summed E-state index contributed by atoms with van der Waals surface area (Å²) in [5.41, 5.74) is 5.55. The molecule has 2 N–H and O–H groups in total. The Labute approximate surface area is 73.9 Å². The third-order valence-electron chi connectivity index (χ3n) is 2.45. The molecule has 0 aromatic carbocycles. The molecule has 1 rings (SSSR count). The van der Waals surface area contributed by atoms with Crippen LogP contribution in [0.1, 0.15) is 33.6 Å². The average molecular weight is 174 g/mol. The maximum atomic E-state index is 13.5. The number of hydrogen-bond acceptors (Lipinski definition) is 2. The van der Waals surface area contributed by atoms with Crippen molar-refractivity contribution in [2.24, 2.45) is 5.73 Å². The number of nitrogens with zero attached hydrogens (tertiary/aromatic N) is 1. The molecule has 0 bridgehead atoms. The summed E-state index contributed by atoms with van der Waals surface area (Å²) in [6, 6.07) is -0.294. The van der Waals surface area contributed by atoms with Gasteiger partial charge in [-0.1, -0.05) is 0 Å². The molecule has 0 aromatic rings. The van der Waals surface area contributed by atoms with Gasteiger partial charge in [0.25, 0.3) is 0 Å². The van der Waals surface area contributed by atoms with Crippen molar-refractivity contribution in [3.63, 3.8) is 0 Å². The summed E-state index contributed by atoms with van der Waals surface area (Å²) in [6.45, 7) is 6.91. The molecule has 0 radical (unpaired) electrons. The number of rotatable bonds is 0. The SMILES string of the molecule is CC(C)(C)N1CCCC(N)C1F. The summed E-state index contributed by atoms with van der Waals surface area (Å²) in [5, 5.41) is 0. The fourth-order valence-electron chi connectivity index (χ4n) is 1.69. The first-order chi connectivity index (χ1) is 5.43. The van der Waals surface area contributed by atoms with E-state index in [-0.39, 0.29) is 11.6 Å². The summed E-state index contributed by atoms with van der Waals surface area (Å²) in [7, 11) is 0. The Morgan fingerprint density at radius 2 is 2.00 bits per heavy atom. The van der Waals surface area contributed by atoms with E-state index in [2.05, 4.69) is 0 Å². The zero-order valence-electron chi connectivity index (χ0n) is 8.18. The molecule has 72 valence electrons. The van der Waals surface area contributed by atoms with Crippen LogP contribution in [0.2, 0.25) is 0 Å². The van der Waals surface area contributed by atoms with Crippen molar-refractivity contribution < 1.29 is 4.39 Å². The van der Waals surface area contributed by atoms with Crippen molar-refractivity contribution in [3.05, 3.63) is 0 Å². The van der Waals surface area contributed by atoms with Crippen LogP contribution in [0.3, 0.4) is 0 Å². The minimum absolute atomic E-state index is 0.0997. The zero-order valence-corrected chi connectivity index (χ0v) is 8.18. The molecule has 2 unspecified atom stereocenters. The molecule has 12 heavy (non-hydrogen) atoms. The van der Waals surface area contributed by atoms with Gasteiger partial charge in [-0.3, -0.25) is 4.90 Å². The molecule has 2 atom stereocenters. The molecule has 1 saturated heterocycles. The average Bonchev–Trinajstić information content (AvgIpc) is 1.92. The normalized spacial score (nSPS) is 33.8. The maximum absolute atomic E-state index is 13.5. The minimum Gasteiger partial charge on any atom is -0.324 e. The Balaban J connectivity index is 2.64. The smallest absolute Gasteiger partial charge is 0.169 e. The van der Waals surface area contributed by atoms with Crippen LogP contribution in [0.4, 0.5) is 4.39 Å². The number of alkyl halides is 1. The Morgan fingerprint density at radius 1 is 1.42 bits per heavy atom. The molecule has 2 nitrogen and oxygen atoms in total. The van der Waals surface area contributed by atoms with Crippen LogP contribution in [0, 0.1) is 0 Å². The Bertz CT molecular complexity index is 153. The largest absolute Gasteiger partial charge is 0.324 e. The van der Waals surface area contributed by atoms with E-state index in [1.807, 2.05) is 25.7 Å². The number of hydrogen-bond donors (Lipinski definition) is 1. The van der Waals surface area contributed by atoms with Gasteiger partial charge in [0.05, 0.1) is 0 Å². The van der Waals surface area contributed by atoms with Gasteiger partial charge in [-0.05, 0) is 33.6 Å². The Morgan fingerprint density at radius 3 is 2.42 bits per heavy atom. The molecule has 0 aromatic heterocycles. The van der Waals surface area contributed by atoms with Crippen LogP contribution in [-0.2, 0) is 0 Å². The van der Waals surface area contributed by atoms with Crippen LogP contribution < -0.4 is 5.73 Å². The second kappa shape index (κ2) is 3.30. The van der Waals surface area contributed by atoms with Crippen LogP contribution in [0.25, 0.3) is 0 Å². The fraction of sp³-hybridized carbons (Fsp3) is 1.00. The van der Waals surface area contributed by atoms with E-state index in [1.54, 1.807) is 0 Å². The summed E-state index contributed by atoms with van der Waals surface area (Å²) in [6.07, 6.45) is 0.867. The minimum atomic E-state index is -0.959. The van der Waals surface area contributed by atoms with E-state index >= 15 is 0 Å². The van der Waals surface area contributed by atoms with Gasteiger partial charge in [-0.15, -0.1) is 0 Å². The van der Waals surface area contributed by atoms with E-state index in [4.69, 9.17) is 5.73 Å². The quantitative estimate of drug-likeness (QED) is 0.564. The first kappa shape index (κ1) is 9.93. The van der Waals surface area contributed by atoms with Crippen molar-refractivity contribution in [3.8, 4) is 0 Å². The van der Waals surface area contributed by atoms with Crippen molar-refractivity contribution >= 4 is 0 Å². The van der Waals surface area contributed by atoms with Crippen molar-refractivity contribution in [2.75, 3.05) is 6.54 Å². The fourth-order valence-corrected chi connectivity index (χ4v) is 1.69. The van der Waals surface area contributed by atoms with E-state index < -0.39 is 6.30 Å². The van der Waals surface area contributed by atoms with Gasteiger partial charge in [0, 0.05) is 18.1 Å².